The number of benzene rings is 1. The predicted octanol–water partition coefficient (Wildman–Crippen LogP) is 2.06. The van der Waals surface area contributed by atoms with Crippen LogP contribution in [0.4, 0.5) is 0 Å². The number of sulfonamides is 1. The summed E-state index contributed by atoms with van der Waals surface area (Å²) in [5, 5.41) is 0.554. The van der Waals surface area contributed by atoms with E-state index in [9.17, 15) is 8.42 Å². The molecule has 1 aliphatic heterocycles. The molecule has 4 nitrogen and oxygen atoms in total. The maximum absolute atomic E-state index is 12.5. The van der Waals surface area contributed by atoms with E-state index in [4.69, 9.17) is 11.6 Å². The van der Waals surface area contributed by atoms with Gasteiger partial charge in [-0.3, -0.25) is 0 Å². The molecule has 110 valence electrons. The van der Waals surface area contributed by atoms with E-state index < -0.39 is 10.0 Å². The van der Waals surface area contributed by atoms with E-state index in [1.54, 1.807) is 28.6 Å². The SMILES string of the molecule is O=S(=O)(c1ccc(Cl)cc1)N1CCN(CC2CC2)CC1. The summed E-state index contributed by atoms with van der Waals surface area (Å²) in [6, 6.07) is 6.40. The fourth-order valence-electron chi connectivity index (χ4n) is 2.57. The summed E-state index contributed by atoms with van der Waals surface area (Å²) < 4.78 is 26.6. The molecule has 2 fully saturated rings. The van der Waals surface area contributed by atoms with Crippen molar-refractivity contribution in [3.63, 3.8) is 0 Å². The standard InChI is InChI=1S/C14H19ClN2O2S/c15-13-3-5-14(6-4-13)20(18,19)17-9-7-16(8-10-17)11-12-1-2-12/h3-6,12H,1-2,7-11H2. The highest BCUT2D eigenvalue weighted by molar-refractivity contribution is 7.89. The molecule has 0 aromatic heterocycles. The van der Waals surface area contributed by atoms with E-state index in [1.807, 2.05) is 0 Å². The van der Waals surface area contributed by atoms with Gasteiger partial charge in [0.05, 0.1) is 4.90 Å². The first kappa shape index (κ1) is 14.3. The average molecular weight is 315 g/mol. The van der Waals surface area contributed by atoms with Crippen LogP contribution in [0.15, 0.2) is 29.2 Å². The highest BCUT2D eigenvalue weighted by atomic mass is 35.5. The summed E-state index contributed by atoms with van der Waals surface area (Å²) in [4.78, 5) is 2.71. The van der Waals surface area contributed by atoms with Crippen LogP contribution in [-0.4, -0.2) is 50.3 Å². The minimum Gasteiger partial charge on any atom is -0.300 e. The van der Waals surface area contributed by atoms with E-state index in [-0.39, 0.29) is 0 Å². The molecule has 0 unspecified atom stereocenters. The molecule has 1 aromatic carbocycles. The van der Waals surface area contributed by atoms with E-state index >= 15 is 0 Å². The summed E-state index contributed by atoms with van der Waals surface area (Å²) >= 11 is 5.81. The van der Waals surface area contributed by atoms with Gasteiger partial charge in [0.2, 0.25) is 10.0 Å². The lowest BCUT2D eigenvalue weighted by atomic mass is 10.3. The summed E-state index contributed by atoms with van der Waals surface area (Å²) in [7, 11) is -3.37. The van der Waals surface area contributed by atoms with Crippen LogP contribution in [0.5, 0.6) is 0 Å². The molecule has 6 heteroatoms. The fraction of sp³-hybridized carbons (Fsp3) is 0.571. The third kappa shape index (κ3) is 3.17. The number of piperazine rings is 1. The molecule has 0 spiro atoms. The highest BCUT2D eigenvalue weighted by Gasteiger charge is 2.31. The Balaban J connectivity index is 1.65. The van der Waals surface area contributed by atoms with Gasteiger partial charge in [-0.05, 0) is 43.0 Å². The predicted molar refractivity (Wildman–Crippen MR) is 79.4 cm³/mol. The molecule has 0 bridgehead atoms. The first-order valence-corrected chi connectivity index (χ1v) is 8.85. The Bertz CT molecular complexity index is 561. The lowest BCUT2D eigenvalue weighted by molar-refractivity contribution is 0.182. The number of hydrogen-bond donors (Lipinski definition) is 0. The quantitative estimate of drug-likeness (QED) is 0.854. The second kappa shape index (κ2) is 5.64. The molecular weight excluding hydrogens is 296 g/mol. The zero-order valence-corrected chi connectivity index (χ0v) is 12.9. The monoisotopic (exact) mass is 314 g/mol. The molecule has 1 aliphatic carbocycles. The molecular formula is C14H19ClN2O2S. The Morgan fingerprint density at radius 1 is 1.05 bits per heavy atom. The van der Waals surface area contributed by atoms with Crippen molar-refractivity contribution in [2.24, 2.45) is 5.92 Å². The summed E-state index contributed by atoms with van der Waals surface area (Å²) in [5.41, 5.74) is 0. The molecule has 2 aliphatic rings. The normalized spacial score (nSPS) is 22.1. The maximum Gasteiger partial charge on any atom is 0.243 e. The second-order valence-electron chi connectivity index (χ2n) is 5.60. The average Bonchev–Trinajstić information content (AvgIpc) is 3.24. The molecule has 3 rings (SSSR count). The maximum atomic E-state index is 12.5. The first-order chi connectivity index (χ1) is 9.55. The number of rotatable bonds is 4. The van der Waals surface area contributed by atoms with Gasteiger partial charge in [0, 0.05) is 37.7 Å². The second-order valence-corrected chi connectivity index (χ2v) is 7.98. The van der Waals surface area contributed by atoms with Gasteiger partial charge in [-0.1, -0.05) is 11.6 Å². The summed E-state index contributed by atoms with van der Waals surface area (Å²) in [6.45, 7) is 3.97. The van der Waals surface area contributed by atoms with E-state index in [2.05, 4.69) is 4.90 Å². The lowest BCUT2D eigenvalue weighted by Crippen LogP contribution is -2.49. The Morgan fingerprint density at radius 2 is 1.65 bits per heavy atom. The lowest BCUT2D eigenvalue weighted by Gasteiger charge is -2.34. The number of halogens is 1. The van der Waals surface area contributed by atoms with Gasteiger partial charge in [-0.2, -0.15) is 4.31 Å². The van der Waals surface area contributed by atoms with Crippen LogP contribution in [-0.2, 0) is 10.0 Å². The molecule has 0 amide bonds. The van der Waals surface area contributed by atoms with Crippen molar-refractivity contribution in [1.82, 2.24) is 9.21 Å². The van der Waals surface area contributed by atoms with Gasteiger partial charge in [0.1, 0.15) is 0 Å². The minimum absolute atomic E-state index is 0.331. The Kier molecular flexibility index (Phi) is 4.04. The van der Waals surface area contributed by atoms with Crippen molar-refractivity contribution >= 4 is 21.6 Å². The van der Waals surface area contributed by atoms with Crippen LogP contribution >= 0.6 is 11.6 Å². The number of hydrogen-bond acceptors (Lipinski definition) is 3. The Labute approximate surface area is 125 Å². The van der Waals surface area contributed by atoms with Crippen LogP contribution in [0.25, 0.3) is 0 Å². The third-order valence-electron chi connectivity index (χ3n) is 4.00. The van der Waals surface area contributed by atoms with Gasteiger partial charge >= 0.3 is 0 Å². The molecule has 1 saturated carbocycles. The molecule has 1 aromatic rings. The summed E-state index contributed by atoms with van der Waals surface area (Å²) in [6.07, 6.45) is 2.67. The van der Waals surface area contributed by atoms with Crippen LogP contribution in [0.3, 0.4) is 0 Å². The van der Waals surface area contributed by atoms with Crippen molar-refractivity contribution in [3.05, 3.63) is 29.3 Å². The van der Waals surface area contributed by atoms with Crippen LogP contribution < -0.4 is 0 Å². The zero-order chi connectivity index (χ0) is 14.2. The van der Waals surface area contributed by atoms with E-state index in [1.165, 1.54) is 12.8 Å². The van der Waals surface area contributed by atoms with Gasteiger partial charge in [0.15, 0.2) is 0 Å². The van der Waals surface area contributed by atoms with Crippen LogP contribution in [0.1, 0.15) is 12.8 Å². The van der Waals surface area contributed by atoms with Crippen LogP contribution in [0.2, 0.25) is 5.02 Å². The van der Waals surface area contributed by atoms with Crippen molar-refractivity contribution < 1.29 is 8.42 Å². The molecule has 1 heterocycles. The largest absolute Gasteiger partial charge is 0.300 e. The smallest absolute Gasteiger partial charge is 0.243 e. The fourth-order valence-corrected chi connectivity index (χ4v) is 4.12. The number of nitrogens with zero attached hydrogens (tertiary/aromatic N) is 2. The minimum atomic E-state index is -3.37. The first-order valence-electron chi connectivity index (χ1n) is 7.04. The topological polar surface area (TPSA) is 40.6 Å². The van der Waals surface area contributed by atoms with Gasteiger partial charge in [-0.25, -0.2) is 8.42 Å². The van der Waals surface area contributed by atoms with Crippen molar-refractivity contribution in [1.29, 1.82) is 0 Å². The molecule has 0 atom stereocenters. The third-order valence-corrected chi connectivity index (χ3v) is 6.16. The Hall–Kier alpha value is -0.620. The highest BCUT2D eigenvalue weighted by Crippen LogP contribution is 2.30. The van der Waals surface area contributed by atoms with Gasteiger partial charge < -0.3 is 4.90 Å². The Morgan fingerprint density at radius 3 is 2.20 bits per heavy atom. The van der Waals surface area contributed by atoms with E-state index in [0.29, 0.717) is 23.0 Å². The van der Waals surface area contributed by atoms with Crippen molar-refractivity contribution in [2.75, 3.05) is 32.7 Å². The van der Waals surface area contributed by atoms with Gasteiger partial charge in [0.25, 0.3) is 0 Å². The molecule has 1 saturated heterocycles. The molecule has 20 heavy (non-hydrogen) atoms. The van der Waals surface area contributed by atoms with E-state index in [0.717, 1.165) is 25.6 Å². The molecule has 0 radical (unpaired) electrons. The van der Waals surface area contributed by atoms with Gasteiger partial charge in [-0.15, -0.1) is 0 Å². The molecule has 0 N–H and O–H groups in total. The van der Waals surface area contributed by atoms with Crippen molar-refractivity contribution in [3.8, 4) is 0 Å². The zero-order valence-electron chi connectivity index (χ0n) is 11.3. The summed E-state index contributed by atoms with van der Waals surface area (Å²) in [5.74, 6) is 0.856. The van der Waals surface area contributed by atoms with Crippen molar-refractivity contribution in [2.45, 2.75) is 17.7 Å². The van der Waals surface area contributed by atoms with Crippen LogP contribution in [0, 0.1) is 5.92 Å².